The quantitative estimate of drug-likeness (QED) is 0.864. The molecule has 1 fully saturated rings. The fraction of sp³-hybridized carbons (Fsp3) is 0.438. The third kappa shape index (κ3) is 3.30. The van der Waals surface area contributed by atoms with Crippen LogP contribution in [-0.4, -0.2) is 62.5 Å². The molecular weight excluding hydrogens is 326 g/mol. The van der Waals surface area contributed by atoms with Gasteiger partial charge in [0.1, 0.15) is 6.04 Å². The molecule has 1 aliphatic heterocycles. The van der Waals surface area contributed by atoms with Crippen LogP contribution in [0.5, 0.6) is 0 Å². The molecule has 1 atom stereocenters. The van der Waals surface area contributed by atoms with Crippen LogP contribution >= 0.6 is 0 Å². The van der Waals surface area contributed by atoms with Crippen molar-refractivity contribution in [3.05, 3.63) is 35.8 Å². The van der Waals surface area contributed by atoms with E-state index in [0.29, 0.717) is 30.5 Å². The summed E-state index contributed by atoms with van der Waals surface area (Å²) in [6.07, 6.45) is 3.76. The molecule has 1 amide bonds. The fourth-order valence-corrected chi connectivity index (χ4v) is 2.81. The molecule has 1 aliphatic rings. The largest absolute Gasteiger partial charge is 0.480 e. The second kappa shape index (κ2) is 6.88. The minimum Gasteiger partial charge on any atom is -0.480 e. The molecule has 0 bridgehead atoms. The molecule has 1 N–H and O–H groups in total. The van der Waals surface area contributed by atoms with Gasteiger partial charge < -0.3 is 19.3 Å². The van der Waals surface area contributed by atoms with Gasteiger partial charge in [-0.3, -0.25) is 4.79 Å². The van der Waals surface area contributed by atoms with Gasteiger partial charge in [-0.2, -0.15) is 0 Å². The van der Waals surface area contributed by atoms with Gasteiger partial charge in [-0.1, -0.05) is 6.92 Å². The lowest BCUT2D eigenvalue weighted by atomic mass is 10.1. The lowest BCUT2D eigenvalue weighted by molar-refractivity contribution is -0.142. The number of hydrogen-bond donors (Lipinski definition) is 1. The maximum Gasteiger partial charge on any atom is 0.328 e. The molecule has 0 radical (unpaired) electrons. The number of nitrogens with zero attached hydrogens (tertiary/aromatic N) is 5. The number of oxazole rings is 1. The van der Waals surface area contributed by atoms with Crippen LogP contribution in [0.3, 0.4) is 0 Å². The molecule has 0 aliphatic carbocycles. The standard InChI is InChI=1S/C16H19N5O4/c1-3-12-19-10(2)13(25-12)14(22)21-8-7-20(9-11(21)15(23)24)16-17-5-4-6-18-16/h4-6,11H,3,7-9H2,1-2H3,(H,23,24). The Morgan fingerprint density at radius 3 is 2.64 bits per heavy atom. The first-order valence-electron chi connectivity index (χ1n) is 8.03. The zero-order chi connectivity index (χ0) is 18.0. The van der Waals surface area contributed by atoms with Gasteiger partial charge in [0, 0.05) is 31.9 Å². The molecule has 9 heteroatoms. The van der Waals surface area contributed by atoms with Gasteiger partial charge in [0.05, 0.1) is 12.2 Å². The average molecular weight is 345 g/mol. The minimum absolute atomic E-state index is 0.104. The van der Waals surface area contributed by atoms with Crippen LogP contribution in [0.1, 0.15) is 29.1 Å². The van der Waals surface area contributed by atoms with Gasteiger partial charge in [-0.15, -0.1) is 0 Å². The number of aryl methyl sites for hydroxylation is 2. The molecular formula is C16H19N5O4. The van der Waals surface area contributed by atoms with Gasteiger partial charge in [-0.25, -0.2) is 19.7 Å². The Morgan fingerprint density at radius 2 is 2.04 bits per heavy atom. The minimum atomic E-state index is -1.08. The molecule has 132 valence electrons. The Hall–Kier alpha value is -2.97. The molecule has 0 saturated carbocycles. The SMILES string of the molecule is CCc1nc(C)c(C(=O)N2CCN(c3ncccn3)CC2C(=O)O)o1. The Kier molecular flexibility index (Phi) is 4.64. The highest BCUT2D eigenvalue weighted by Gasteiger charge is 2.38. The summed E-state index contributed by atoms with van der Waals surface area (Å²) in [6.45, 7) is 4.33. The van der Waals surface area contributed by atoms with Crippen LogP contribution in [0, 0.1) is 6.92 Å². The summed E-state index contributed by atoms with van der Waals surface area (Å²) in [5, 5.41) is 9.58. The van der Waals surface area contributed by atoms with Crippen LogP contribution < -0.4 is 4.90 Å². The van der Waals surface area contributed by atoms with Gasteiger partial charge in [0.25, 0.3) is 5.91 Å². The summed E-state index contributed by atoms with van der Waals surface area (Å²) >= 11 is 0. The summed E-state index contributed by atoms with van der Waals surface area (Å²) in [6, 6.07) is 0.676. The molecule has 0 spiro atoms. The van der Waals surface area contributed by atoms with E-state index in [4.69, 9.17) is 4.42 Å². The van der Waals surface area contributed by atoms with Crippen LogP contribution in [0.4, 0.5) is 5.95 Å². The lowest BCUT2D eigenvalue weighted by Gasteiger charge is -2.38. The van der Waals surface area contributed by atoms with Crippen molar-refractivity contribution in [2.45, 2.75) is 26.3 Å². The van der Waals surface area contributed by atoms with Gasteiger partial charge in [0.2, 0.25) is 11.7 Å². The number of carbonyl (C=O) groups is 2. The summed E-state index contributed by atoms with van der Waals surface area (Å²) in [7, 11) is 0. The Labute approximate surface area is 144 Å². The summed E-state index contributed by atoms with van der Waals surface area (Å²) in [5.41, 5.74) is 0.472. The second-order valence-corrected chi connectivity index (χ2v) is 5.72. The van der Waals surface area contributed by atoms with Crippen molar-refractivity contribution in [3.63, 3.8) is 0 Å². The fourth-order valence-electron chi connectivity index (χ4n) is 2.81. The van der Waals surface area contributed by atoms with Crippen LogP contribution in [0.2, 0.25) is 0 Å². The number of hydrogen-bond acceptors (Lipinski definition) is 7. The Balaban J connectivity index is 1.83. The van der Waals surface area contributed by atoms with E-state index in [1.54, 1.807) is 30.3 Å². The average Bonchev–Trinajstić information content (AvgIpc) is 3.02. The molecule has 2 aromatic heterocycles. The number of piperazine rings is 1. The number of amides is 1. The predicted octanol–water partition coefficient (Wildman–Crippen LogP) is 0.751. The van der Waals surface area contributed by atoms with Crippen molar-refractivity contribution < 1.29 is 19.1 Å². The van der Waals surface area contributed by atoms with E-state index < -0.39 is 17.9 Å². The smallest absolute Gasteiger partial charge is 0.328 e. The highest BCUT2D eigenvalue weighted by Crippen LogP contribution is 2.20. The van der Waals surface area contributed by atoms with Gasteiger partial charge in [-0.05, 0) is 13.0 Å². The molecule has 0 aromatic carbocycles. The molecule has 3 rings (SSSR count). The van der Waals surface area contributed by atoms with Crippen molar-refractivity contribution in [1.82, 2.24) is 19.9 Å². The number of rotatable bonds is 4. The van der Waals surface area contributed by atoms with E-state index in [-0.39, 0.29) is 18.8 Å². The molecule has 2 aromatic rings. The third-order valence-corrected chi connectivity index (χ3v) is 4.10. The summed E-state index contributed by atoms with van der Waals surface area (Å²) in [4.78, 5) is 40.0. The maximum atomic E-state index is 12.8. The van der Waals surface area contributed by atoms with E-state index in [1.165, 1.54) is 4.90 Å². The molecule has 1 unspecified atom stereocenters. The Bertz CT molecular complexity index is 776. The normalized spacial score (nSPS) is 17.6. The molecule has 1 saturated heterocycles. The van der Waals surface area contributed by atoms with Crippen LogP contribution in [0.25, 0.3) is 0 Å². The van der Waals surface area contributed by atoms with E-state index >= 15 is 0 Å². The molecule has 25 heavy (non-hydrogen) atoms. The van der Waals surface area contributed by atoms with E-state index in [1.807, 2.05) is 6.92 Å². The van der Waals surface area contributed by atoms with Crippen molar-refractivity contribution >= 4 is 17.8 Å². The van der Waals surface area contributed by atoms with E-state index in [0.717, 1.165) is 0 Å². The van der Waals surface area contributed by atoms with E-state index in [2.05, 4.69) is 15.0 Å². The Morgan fingerprint density at radius 1 is 1.32 bits per heavy atom. The first-order valence-corrected chi connectivity index (χ1v) is 8.03. The highest BCUT2D eigenvalue weighted by molar-refractivity contribution is 5.95. The number of aliphatic carboxylic acids is 1. The first kappa shape index (κ1) is 16.9. The molecule has 9 nitrogen and oxygen atoms in total. The zero-order valence-corrected chi connectivity index (χ0v) is 14.0. The topological polar surface area (TPSA) is 113 Å². The lowest BCUT2D eigenvalue weighted by Crippen LogP contribution is -2.58. The van der Waals surface area contributed by atoms with Crippen molar-refractivity contribution in [3.8, 4) is 0 Å². The van der Waals surface area contributed by atoms with Crippen molar-refractivity contribution in [1.29, 1.82) is 0 Å². The van der Waals surface area contributed by atoms with Crippen molar-refractivity contribution in [2.24, 2.45) is 0 Å². The number of carbonyl (C=O) groups excluding carboxylic acids is 1. The first-order chi connectivity index (χ1) is 12.0. The second-order valence-electron chi connectivity index (χ2n) is 5.72. The third-order valence-electron chi connectivity index (χ3n) is 4.10. The maximum absolute atomic E-state index is 12.8. The number of carboxylic acid groups (broad SMARTS) is 1. The number of carboxylic acids is 1. The summed E-state index contributed by atoms with van der Waals surface area (Å²) in [5.74, 6) is -0.519. The van der Waals surface area contributed by atoms with Gasteiger partial charge >= 0.3 is 5.97 Å². The van der Waals surface area contributed by atoms with Crippen LogP contribution in [0.15, 0.2) is 22.9 Å². The van der Waals surface area contributed by atoms with Gasteiger partial charge in [0.15, 0.2) is 5.89 Å². The van der Waals surface area contributed by atoms with Crippen LogP contribution in [-0.2, 0) is 11.2 Å². The molecule has 3 heterocycles. The predicted molar refractivity (Wildman–Crippen MR) is 87.3 cm³/mol. The monoisotopic (exact) mass is 345 g/mol. The highest BCUT2D eigenvalue weighted by atomic mass is 16.4. The number of aromatic nitrogens is 3. The van der Waals surface area contributed by atoms with E-state index in [9.17, 15) is 14.7 Å². The summed E-state index contributed by atoms with van der Waals surface area (Å²) < 4.78 is 5.48. The number of anilines is 1. The zero-order valence-electron chi connectivity index (χ0n) is 14.0. The van der Waals surface area contributed by atoms with Crippen molar-refractivity contribution in [2.75, 3.05) is 24.5 Å².